The minimum absolute atomic E-state index is 0.0471. The summed E-state index contributed by atoms with van der Waals surface area (Å²) in [4.78, 5) is 12.9. The molecule has 1 rings (SSSR count). The molecular weight excluding hydrogens is 261 g/mol. The molecule has 0 spiro atoms. The van der Waals surface area contributed by atoms with Gasteiger partial charge in [0.1, 0.15) is 0 Å². The van der Waals surface area contributed by atoms with Gasteiger partial charge in [-0.05, 0) is 6.42 Å². The summed E-state index contributed by atoms with van der Waals surface area (Å²) < 4.78 is 39.3. The van der Waals surface area contributed by atoms with Gasteiger partial charge in [-0.25, -0.2) is 0 Å². The molecule has 108 valence electrons. The zero-order valence-electron chi connectivity index (χ0n) is 11.0. The molecule has 0 aliphatic heterocycles. The second kappa shape index (κ2) is 5.60. The highest BCUT2D eigenvalue weighted by atomic mass is 19.4. The first-order chi connectivity index (χ1) is 8.66. The fourth-order valence-corrected chi connectivity index (χ4v) is 1.68. The predicted molar refractivity (Wildman–Crippen MR) is 63.0 cm³/mol. The van der Waals surface area contributed by atoms with E-state index >= 15 is 0 Å². The Morgan fingerprint density at radius 2 is 2.16 bits per heavy atom. The fourth-order valence-electron chi connectivity index (χ4n) is 1.68. The lowest BCUT2D eigenvalue weighted by atomic mass is 10.2. The van der Waals surface area contributed by atoms with Crippen LogP contribution in [-0.4, -0.2) is 33.7 Å². The molecule has 5 nitrogen and oxygen atoms in total. The van der Waals surface area contributed by atoms with Gasteiger partial charge in [0.15, 0.2) is 5.69 Å². The lowest BCUT2D eigenvalue weighted by molar-refractivity contribution is -0.143. The van der Waals surface area contributed by atoms with Gasteiger partial charge in [0.25, 0.3) is 0 Å². The Morgan fingerprint density at radius 3 is 2.63 bits per heavy atom. The molecule has 1 heterocycles. The van der Waals surface area contributed by atoms with E-state index in [2.05, 4.69) is 5.10 Å². The van der Waals surface area contributed by atoms with Crippen molar-refractivity contribution in [1.82, 2.24) is 14.7 Å². The van der Waals surface area contributed by atoms with Crippen molar-refractivity contribution in [2.24, 2.45) is 12.8 Å². The number of carbonyl (C=O) groups is 1. The van der Waals surface area contributed by atoms with Crippen LogP contribution in [0.25, 0.3) is 0 Å². The van der Waals surface area contributed by atoms with E-state index in [1.807, 2.05) is 0 Å². The maximum atomic E-state index is 12.7. The van der Waals surface area contributed by atoms with Gasteiger partial charge in [0.2, 0.25) is 5.91 Å². The Hall–Kier alpha value is -1.57. The Balaban J connectivity index is 2.91. The van der Waals surface area contributed by atoms with Crippen molar-refractivity contribution in [2.75, 3.05) is 7.05 Å². The topological polar surface area (TPSA) is 64.2 Å². The van der Waals surface area contributed by atoms with Crippen LogP contribution < -0.4 is 5.73 Å². The summed E-state index contributed by atoms with van der Waals surface area (Å²) in [6.07, 6.45) is -2.85. The van der Waals surface area contributed by atoms with Gasteiger partial charge in [-0.2, -0.15) is 18.3 Å². The van der Waals surface area contributed by atoms with E-state index in [4.69, 9.17) is 5.73 Å². The van der Waals surface area contributed by atoms with Gasteiger partial charge in [0, 0.05) is 32.4 Å². The minimum atomic E-state index is -4.53. The summed E-state index contributed by atoms with van der Waals surface area (Å²) in [5.74, 6) is -0.389. The number of nitrogens with two attached hydrogens (primary N) is 1. The number of hydrogen-bond acceptors (Lipinski definition) is 3. The second-order valence-corrected chi connectivity index (χ2v) is 4.38. The SMILES string of the molecule is CC[C@@H](N)C(=O)N(C)Cc1cn(C)nc1C(F)(F)F. The summed E-state index contributed by atoms with van der Waals surface area (Å²) in [6, 6.07) is -0.698. The van der Waals surface area contributed by atoms with E-state index in [-0.39, 0.29) is 18.0 Å². The molecule has 1 atom stereocenters. The molecule has 0 saturated carbocycles. The van der Waals surface area contributed by atoms with Crippen LogP contribution in [0.5, 0.6) is 0 Å². The van der Waals surface area contributed by atoms with E-state index in [0.29, 0.717) is 6.42 Å². The Labute approximate surface area is 109 Å². The van der Waals surface area contributed by atoms with Crippen molar-refractivity contribution in [3.8, 4) is 0 Å². The van der Waals surface area contributed by atoms with Crippen LogP contribution in [0.4, 0.5) is 13.2 Å². The summed E-state index contributed by atoms with van der Waals surface area (Å²) in [5, 5.41) is 3.38. The number of amides is 1. The Bertz CT molecular complexity index is 455. The molecule has 19 heavy (non-hydrogen) atoms. The van der Waals surface area contributed by atoms with Crippen LogP contribution in [0.15, 0.2) is 6.20 Å². The van der Waals surface area contributed by atoms with E-state index < -0.39 is 17.9 Å². The van der Waals surface area contributed by atoms with Crippen molar-refractivity contribution in [3.63, 3.8) is 0 Å². The third-order valence-corrected chi connectivity index (χ3v) is 2.71. The standard InChI is InChI=1S/C11H17F3N4O/c1-4-8(15)10(19)17(2)5-7-6-18(3)16-9(7)11(12,13)14/h6,8H,4-5,15H2,1-3H3/t8-/m1/s1. The van der Waals surface area contributed by atoms with Crippen LogP contribution in [-0.2, 0) is 24.6 Å². The molecule has 0 aliphatic rings. The maximum Gasteiger partial charge on any atom is 0.435 e. The molecule has 0 bridgehead atoms. The zero-order chi connectivity index (χ0) is 14.8. The van der Waals surface area contributed by atoms with Crippen molar-refractivity contribution < 1.29 is 18.0 Å². The molecule has 0 unspecified atom stereocenters. The lowest BCUT2D eigenvalue weighted by Gasteiger charge is -2.20. The van der Waals surface area contributed by atoms with E-state index in [1.165, 1.54) is 25.2 Å². The Morgan fingerprint density at radius 1 is 1.58 bits per heavy atom. The summed E-state index contributed by atoms with van der Waals surface area (Å²) in [5.41, 5.74) is 4.55. The monoisotopic (exact) mass is 278 g/mol. The number of hydrogen-bond donors (Lipinski definition) is 1. The van der Waals surface area contributed by atoms with Crippen molar-refractivity contribution in [2.45, 2.75) is 32.1 Å². The molecule has 8 heteroatoms. The summed E-state index contributed by atoms with van der Waals surface area (Å²) in [6.45, 7) is 1.57. The lowest BCUT2D eigenvalue weighted by Crippen LogP contribution is -2.41. The number of aromatic nitrogens is 2. The molecule has 0 aliphatic carbocycles. The van der Waals surface area contributed by atoms with E-state index in [0.717, 1.165) is 4.68 Å². The first-order valence-corrected chi connectivity index (χ1v) is 5.77. The highest BCUT2D eigenvalue weighted by Gasteiger charge is 2.37. The number of aryl methyl sites for hydroxylation is 1. The number of nitrogens with zero attached hydrogens (tertiary/aromatic N) is 3. The number of alkyl halides is 3. The average molecular weight is 278 g/mol. The molecule has 1 aromatic heterocycles. The van der Waals surface area contributed by atoms with Gasteiger partial charge in [-0.15, -0.1) is 0 Å². The van der Waals surface area contributed by atoms with Crippen LogP contribution in [0.3, 0.4) is 0 Å². The summed E-state index contributed by atoms with van der Waals surface area (Å²) in [7, 11) is 2.82. The van der Waals surface area contributed by atoms with Crippen LogP contribution >= 0.6 is 0 Å². The van der Waals surface area contributed by atoms with Gasteiger partial charge in [-0.3, -0.25) is 9.48 Å². The first-order valence-electron chi connectivity index (χ1n) is 5.77. The van der Waals surface area contributed by atoms with Crippen molar-refractivity contribution in [3.05, 3.63) is 17.5 Å². The molecule has 1 amide bonds. The minimum Gasteiger partial charge on any atom is -0.340 e. The molecule has 0 fully saturated rings. The average Bonchev–Trinajstić information content (AvgIpc) is 2.67. The quantitative estimate of drug-likeness (QED) is 0.898. The molecular formula is C11H17F3N4O. The van der Waals surface area contributed by atoms with Gasteiger partial charge >= 0.3 is 6.18 Å². The van der Waals surface area contributed by atoms with Gasteiger partial charge in [0.05, 0.1) is 6.04 Å². The zero-order valence-corrected chi connectivity index (χ0v) is 11.0. The van der Waals surface area contributed by atoms with E-state index in [9.17, 15) is 18.0 Å². The van der Waals surface area contributed by atoms with Crippen LogP contribution in [0, 0.1) is 0 Å². The van der Waals surface area contributed by atoms with Gasteiger partial charge < -0.3 is 10.6 Å². The molecule has 0 radical (unpaired) electrons. The largest absolute Gasteiger partial charge is 0.435 e. The van der Waals surface area contributed by atoms with Crippen LogP contribution in [0.1, 0.15) is 24.6 Å². The number of rotatable bonds is 4. The van der Waals surface area contributed by atoms with Crippen molar-refractivity contribution in [1.29, 1.82) is 0 Å². The second-order valence-electron chi connectivity index (χ2n) is 4.38. The van der Waals surface area contributed by atoms with E-state index in [1.54, 1.807) is 6.92 Å². The highest BCUT2D eigenvalue weighted by molar-refractivity contribution is 5.81. The smallest absolute Gasteiger partial charge is 0.340 e. The predicted octanol–water partition coefficient (Wildman–Crippen LogP) is 1.13. The summed E-state index contributed by atoms with van der Waals surface area (Å²) >= 11 is 0. The van der Waals surface area contributed by atoms with Gasteiger partial charge in [-0.1, -0.05) is 6.92 Å². The number of halogens is 3. The van der Waals surface area contributed by atoms with Crippen LogP contribution in [0.2, 0.25) is 0 Å². The molecule has 0 saturated heterocycles. The number of likely N-dealkylation sites (N-methyl/N-ethyl adjacent to an activating group) is 1. The third kappa shape index (κ3) is 3.69. The molecule has 1 aromatic rings. The maximum absolute atomic E-state index is 12.7. The number of carbonyl (C=O) groups excluding carboxylic acids is 1. The first kappa shape index (κ1) is 15.5. The third-order valence-electron chi connectivity index (χ3n) is 2.71. The fraction of sp³-hybridized carbons (Fsp3) is 0.636. The van der Waals surface area contributed by atoms with Crippen molar-refractivity contribution >= 4 is 5.91 Å². The normalized spacial score (nSPS) is 13.4. The molecule has 0 aromatic carbocycles. The highest BCUT2D eigenvalue weighted by Crippen LogP contribution is 2.31. The Kier molecular flexibility index (Phi) is 4.56. The molecule has 2 N–H and O–H groups in total.